The molecule has 5 nitrogen and oxygen atoms in total. The van der Waals surface area contributed by atoms with Gasteiger partial charge in [-0.3, -0.25) is 0 Å². The highest BCUT2D eigenvalue weighted by Gasteiger charge is 2.04. The van der Waals surface area contributed by atoms with Crippen LogP contribution < -0.4 is 10.5 Å². The Bertz CT molecular complexity index is 521. The van der Waals surface area contributed by atoms with E-state index in [-0.39, 0.29) is 4.84 Å². The highest BCUT2D eigenvalue weighted by Crippen LogP contribution is 2.21. The fourth-order valence-electron chi connectivity index (χ4n) is 1.25. The molecule has 0 saturated heterocycles. The first-order chi connectivity index (χ1) is 7.79. The first-order valence-electron chi connectivity index (χ1n) is 4.78. The molecule has 0 bridgehead atoms. The summed E-state index contributed by atoms with van der Waals surface area (Å²) in [7, 11) is 0. The van der Waals surface area contributed by atoms with Gasteiger partial charge in [-0.05, 0) is 30.4 Å². The molecule has 6 heteroatoms. The van der Waals surface area contributed by atoms with Gasteiger partial charge in [0, 0.05) is 12.1 Å². The van der Waals surface area contributed by atoms with Crippen molar-refractivity contribution < 1.29 is 9.15 Å². The van der Waals surface area contributed by atoms with Gasteiger partial charge in [-0.25, -0.2) is 5.10 Å². The second kappa shape index (κ2) is 4.91. The number of aromatic amines is 1. The van der Waals surface area contributed by atoms with Gasteiger partial charge in [0.25, 0.3) is 4.84 Å². The number of H-pyrrole nitrogens is 1. The Hall–Kier alpha value is -1.66. The lowest BCUT2D eigenvalue weighted by Crippen LogP contribution is -2.10. The average molecular weight is 237 g/mol. The van der Waals surface area contributed by atoms with Crippen LogP contribution in [0.5, 0.6) is 5.75 Å². The molecule has 2 aromatic rings. The van der Waals surface area contributed by atoms with Crippen LogP contribution in [-0.4, -0.2) is 23.3 Å². The first-order valence-corrected chi connectivity index (χ1v) is 5.19. The zero-order valence-corrected chi connectivity index (χ0v) is 9.29. The van der Waals surface area contributed by atoms with Gasteiger partial charge in [-0.1, -0.05) is 6.07 Å². The van der Waals surface area contributed by atoms with E-state index in [1.165, 1.54) is 0 Å². The van der Waals surface area contributed by atoms with Crippen molar-refractivity contribution in [1.82, 2.24) is 10.2 Å². The monoisotopic (exact) mass is 237 g/mol. The number of nitrogens with one attached hydrogen (secondary N) is 1. The number of hydrogen-bond acceptors (Lipinski definition) is 5. The number of hydrogen-bond donors (Lipinski definition) is 2. The molecular formula is C10H11N3O2S. The molecule has 0 amide bonds. The third-order valence-corrected chi connectivity index (χ3v) is 2.08. The smallest absolute Gasteiger partial charge is 0.284 e. The van der Waals surface area contributed by atoms with Crippen molar-refractivity contribution in [3.63, 3.8) is 0 Å². The Balaban J connectivity index is 2.25. The third-order valence-electron chi connectivity index (χ3n) is 1.91. The van der Waals surface area contributed by atoms with Crippen molar-refractivity contribution in [2.75, 3.05) is 13.2 Å². The number of ether oxygens (including phenoxy) is 1. The van der Waals surface area contributed by atoms with Crippen LogP contribution >= 0.6 is 12.2 Å². The second-order valence-corrected chi connectivity index (χ2v) is 3.45. The topological polar surface area (TPSA) is 77.1 Å². The van der Waals surface area contributed by atoms with Crippen molar-refractivity contribution in [2.24, 2.45) is 5.73 Å². The lowest BCUT2D eigenvalue weighted by molar-refractivity contribution is 0.328. The summed E-state index contributed by atoms with van der Waals surface area (Å²) in [5, 5.41) is 6.50. The second-order valence-electron chi connectivity index (χ2n) is 3.08. The number of aromatic nitrogens is 2. The molecule has 0 aliphatic heterocycles. The molecule has 1 heterocycles. The highest BCUT2D eigenvalue weighted by atomic mass is 32.1. The van der Waals surface area contributed by atoms with Crippen LogP contribution in [-0.2, 0) is 0 Å². The number of nitrogens with two attached hydrogens (primary N) is 1. The van der Waals surface area contributed by atoms with Gasteiger partial charge in [0.05, 0.1) is 0 Å². The van der Waals surface area contributed by atoms with Crippen LogP contribution in [0.1, 0.15) is 0 Å². The lowest BCUT2D eigenvalue weighted by Gasteiger charge is -2.04. The van der Waals surface area contributed by atoms with Gasteiger partial charge in [0.2, 0.25) is 5.89 Å². The average Bonchev–Trinajstić information content (AvgIpc) is 2.74. The summed E-state index contributed by atoms with van der Waals surface area (Å²) in [5.41, 5.74) is 6.16. The molecule has 84 valence electrons. The molecule has 16 heavy (non-hydrogen) atoms. The summed E-state index contributed by atoms with van der Waals surface area (Å²) in [6.07, 6.45) is 0. The molecule has 0 atom stereocenters. The predicted molar refractivity (Wildman–Crippen MR) is 61.7 cm³/mol. The summed E-state index contributed by atoms with van der Waals surface area (Å²) < 4.78 is 10.6. The van der Waals surface area contributed by atoms with E-state index in [4.69, 9.17) is 27.1 Å². The summed E-state index contributed by atoms with van der Waals surface area (Å²) in [5.74, 6) is 1.18. The third kappa shape index (κ3) is 2.47. The van der Waals surface area contributed by atoms with Crippen LogP contribution in [0.3, 0.4) is 0 Å². The van der Waals surface area contributed by atoms with Gasteiger partial charge < -0.3 is 14.9 Å². The molecule has 1 aromatic carbocycles. The Morgan fingerprint density at radius 1 is 1.50 bits per heavy atom. The normalized spacial score (nSPS) is 10.3. The Labute approximate surface area is 97.2 Å². The van der Waals surface area contributed by atoms with E-state index in [9.17, 15) is 0 Å². The van der Waals surface area contributed by atoms with E-state index in [1.807, 2.05) is 24.3 Å². The molecule has 0 saturated carbocycles. The van der Waals surface area contributed by atoms with Gasteiger partial charge >= 0.3 is 0 Å². The van der Waals surface area contributed by atoms with Gasteiger partial charge in [-0.15, -0.1) is 5.10 Å². The van der Waals surface area contributed by atoms with Crippen molar-refractivity contribution in [1.29, 1.82) is 0 Å². The summed E-state index contributed by atoms with van der Waals surface area (Å²) in [6.45, 7) is 0.959. The Kier molecular flexibility index (Phi) is 3.33. The minimum absolute atomic E-state index is 0.253. The molecule has 0 unspecified atom stereocenters. The van der Waals surface area contributed by atoms with E-state index in [0.717, 1.165) is 11.3 Å². The quantitative estimate of drug-likeness (QED) is 0.792. The molecule has 0 radical (unpaired) electrons. The summed E-state index contributed by atoms with van der Waals surface area (Å²) in [6, 6.07) is 7.39. The minimum atomic E-state index is 0.253. The standard InChI is InChI=1S/C10H11N3O2S/c11-4-5-14-8-3-1-2-7(6-8)9-12-13-10(16)15-9/h1-3,6H,4-5,11H2,(H,13,16). The van der Waals surface area contributed by atoms with Crippen molar-refractivity contribution in [2.45, 2.75) is 0 Å². The van der Waals surface area contributed by atoms with Crippen LogP contribution in [0.25, 0.3) is 11.5 Å². The lowest BCUT2D eigenvalue weighted by atomic mass is 10.2. The van der Waals surface area contributed by atoms with E-state index >= 15 is 0 Å². The molecule has 1 aromatic heterocycles. The Morgan fingerprint density at radius 3 is 3.06 bits per heavy atom. The van der Waals surface area contributed by atoms with Gasteiger partial charge in [-0.2, -0.15) is 0 Å². The zero-order chi connectivity index (χ0) is 11.4. The Morgan fingerprint density at radius 2 is 2.38 bits per heavy atom. The SMILES string of the molecule is NCCOc1cccc(-c2n[nH]c(=S)o2)c1. The molecule has 2 rings (SSSR count). The van der Waals surface area contributed by atoms with Crippen LogP contribution in [0.2, 0.25) is 0 Å². The number of nitrogens with zero attached hydrogens (tertiary/aromatic N) is 1. The molecule has 3 N–H and O–H groups in total. The molecule has 0 aliphatic carbocycles. The summed E-state index contributed by atoms with van der Waals surface area (Å²) >= 11 is 4.80. The fraction of sp³-hybridized carbons (Fsp3) is 0.200. The van der Waals surface area contributed by atoms with Crippen LogP contribution in [0, 0.1) is 4.84 Å². The zero-order valence-electron chi connectivity index (χ0n) is 8.47. The molecular weight excluding hydrogens is 226 g/mol. The van der Waals surface area contributed by atoms with E-state index in [1.54, 1.807) is 0 Å². The minimum Gasteiger partial charge on any atom is -0.492 e. The maximum atomic E-state index is 5.39. The van der Waals surface area contributed by atoms with E-state index in [0.29, 0.717) is 19.0 Å². The molecule has 0 fully saturated rings. The largest absolute Gasteiger partial charge is 0.492 e. The van der Waals surface area contributed by atoms with Gasteiger partial charge in [0.1, 0.15) is 12.4 Å². The van der Waals surface area contributed by atoms with Crippen LogP contribution in [0.4, 0.5) is 0 Å². The van der Waals surface area contributed by atoms with E-state index < -0.39 is 0 Å². The summed E-state index contributed by atoms with van der Waals surface area (Å²) in [4.78, 5) is 0.253. The van der Waals surface area contributed by atoms with Crippen molar-refractivity contribution in [3.8, 4) is 17.2 Å². The number of rotatable bonds is 4. The van der Waals surface area contributed by atoms with Crippen LogP contribution in [0.15, 0.2) is 28.7 Å². The maximum absolute atomic E-state index is 5.39. The number of benzene rings is 1. The molecule has 0 aliphatic rings. The predicted octanol–water partition coefficient (Wildman–Crippen LogP) is 1.74. The first kappa shape index (κ1) is 10.8. The maximum Gasteiger partial charge on any atom is 0.284 e. The fourth-order valence-corrected chi connectivity index (χ4v) is 1.37. The molecule has 0 spiro atoms. The van der Waals surface area contributed by atoms with Crippen molar-refractivity contribution >= 4 is 12.2 Å². The highest BCUT2D eigenvalue weighted by molar-refractivity contribution is 7.71. The van der Waals surface area contributed by atoms with E-state index in [2.05, 4.69) is 10.2 Å². The van der Waals surface area contributed by atoms with Gasteiger partial charge in [0.15, 0.2) is 0 Å². The van der Waals surface area contributed by atoms with Crippen molar-refractivity contribution in [3.05, 3.63) is 29.1 Å².